The third-order valence-electron chi connectivity index (χ3n) is 4.91. The van der Waals surface area contributed by atoms with Crippen molar-refractivity contribution in [2.45, 2.75) is 0 Å². The number of aromatic nitrogens is 3. The minimum Gasteiger partial charge on any atom is -0.466 e. The van der Waals surface area contributed by atoms with E-state index in [2.05, 4.69) is 25.0 Å². The van der Waals surface area contributed by atoms with Crippen LogP contribution in [0.3, 0.4) is 0 Å². The smallest absolute Gasteiger partial charge is 0.260 e. The summed E-state index contributed by atoms with van der Waals surface area (Å²) in [5.41, 5.74) is 0. The van der Waals surface area contributed by atoms with Crippen LogP contribution >= 0.6 is 11.8 Å². The largest absolute Gasteiger partial charge is 0.466 e. The number of nitrogens with zero attached hydrogens (tertiary/aromatic N) is 6. The van der Waals surface area contributed by atoms with Gasteiger partial charge >= 0.3 is 0 Å². The number of pyridine rings is 1. The van der Waals surface area contributed by atoms with Crippen LogP contribution < -0.4 is 14.5 Å². The fourth-order valence-electron chi connectivity index (χ4n) is 3.30. The summed E-state index contributed by atoms with van der Waals surface area (Å²) in [5, 5.41) is 8.41. The first-order chi connectivity index (χ1) is 13.8. The Hall–Kier alpha value is -2.55. The predicted octanol–water partition coefficient (Wildman–Crippen LogP) is 1.15. The number of ether oxygens (including phenoxy) is 1. The molecule has 9 heteroatoms. The summed E-state index contributed by atoms with van der Waals surface area (Å²) in [4.78, 5) is 22.9. The van der Waals surface area contributed by atoms with Crippen LogP contribution in [0.2, 0.25) is 0 Å². The van der Waals surface area contributed by atoms with Gasteiger partial charge in [0, 0.05) is 63.0 Å². The zero-order valence-corrected chi connectivity index (χ0v) is 16.6. The van der Waals surface area contributed by atoms with E-state index in [1.165, 1.54) is 0 Å². The lowest BCUT2D eigenvalue weighted by Gasteiger charge is -2.35. The van der Waals surface area contributed by atoms with E-state index >= 15 is 0 Å². The summed E-state index contributed by atoms with van der Waals surface area (Å²) in [6.07, 6.45) is 1.82. The Morgan fingerprint density at radius 3 is 2.32 bits per heavy atom. The van der Waals surface area contributed by atoms with Crippen molar-refractivity contribution in [2.24, 2.45) is 0 Å². The number of piperazine rings is 1. The molecule has 2 aromatic rings. The molecule has 28 heavy (non-hydrogen) atoms. The molecule has 2 fully saturated rings. The normalized spacial score (nSPS) is 17.5. The molecule has 2 aliphatic rings. The number of hydrogen-bond acceptors (Lipinski definition) is 8. The number of hydrogen-bond donors (Lipinski definition) is 0. The van der Waals surface area contributed by atoms with Crippen LogP contribution in [-0.4, -0.2) is 83.4 Å². The van der Waals surface area contributed by atoms with Crippen LogP contribution in [0, 0.1) is 0 Å². The van der Waals surface area contributed by atoms with Gasteiger partial charge in [-0.15, -0.1) is 10.2 Å². The van der Waals surface area contributed by atoms with Gasteiger partial charge in [0.05, 0.1) is 0 Å². The van der Waals surface area contributed by atoms with Gasteiger partial charge in [0.2, 0.25) is 5.88 Å². The van der Waals surface area contributed by atoms with E-state index in [-0.39, 0.29) is 12.5 Å². The Morgan fingerprint density at radius 1 is 0.929 bits per heavy atom. The topological polar surface area (TPSA) is 74.7 Å². The molecule has 0 atom stereocenters. The van der Waals surface area contributed by atoms with E-state index in [1.807, 2.05) is 47.1 Å². The Balaban J connectivity index is 1.26. The van der Waals surface area contributed by atoms with Crippen molar-refractivity contribution in [3.05, 3.63) is 36.5 Å². The second kappa shape index (κ2) is 9.09. The molecule has 0 aliphatic carbocycles. The Labute approximate surface area is 168 Å². The van der Waals surface area contributed by atoms with E-state index in [0.29, 0.717) is 5.88 Å². The van der Waals surface area contributed by atoms with Crippen LogP contribution in [0.4, 0.5) is 11.6 Å². The molecule has 0 spiro atoms. The lowest BCUT2D eigenvalue weighted by Crippen LogP contribution is -2.47. The van der Waals surface area contributed by atoms with Gasteiger partial charge in [-0.05, 0) is 18.2 Å². The third kappa shape index (κ3) is 4.64. The summed E-state index contributed by atoms with van der Waals surface area (Å²) in [6.45, 7) is 5.10. The molecular weight excluding hydrogens is 376 g/mol. The van der Waals surface area contributed by atoms with Crippen LogP contribution in [0.1, 0.15) is 0 Å². The van der Waals surface area contributed by atoms with E-state index < -0.39 is 0 Å². The van der Waals surface area contributed by atoms with Gasteiger partial charge in [-0.25, -0.2) is 4.98 Å². The molecule has 1 amide bonds. The summed E-state index contributed by atoms with van der Waals surface area (Å²) < 4.78 is 5.53. The zero-order chi connectivity index (χ0) is 19.2. The van der Waals surface area contributed by atoms with Gasteiger partial charge in [-0.1, -0.05) is 6.07 Å². The maximum absolute atomic E-state index is 12.2. The van der Waals surface area contributed by atoms with Gasteiger partial charge in [-0.2, -0.15) is 11.8 Å². The fraction of sp³-hybridized carbons (Fsp3) is 0.474. The first-order valence-corrected chi connectivity index (χ1v) is 10.7. The van der Waals surface area contributed by atoms with Crippen molar-refractivity contribution < 1.29 is 9.53 Å². The molecule has 0 bridgehead atoms. The van der Waals surface area contributed by atoms with Gasteiger partial charge in [0.15, 0.2) is 12.4 Å². The molecule has 0 aromatic carbocycles. The molecule has 2 aromatic heterocycles. The number of rotatable bonds is 5. The maximum Gasteiger partial charge on any atom is 0.260 e. The number of amides is 1. The van der Waals surface area contributed by atoms with Gasteiger partial charge in [-0.3, -0.25) is 4.79 Å². The highest BCUT2D eigenvalue weighted by Crippen LogP contribution is 2.18. The van der Waals surface area contributed by atoms with Crippen molar-refractivity contribution in [1.82, 2.24) is 20.1 Å². The Bertz CT molecular complexity index is 762. The number of anilines is 2. The summed E-state index contributed by atoms with van der Waals surface area (Å²) in [7, 11) is 0. The van der Waals surface area contributed by atoms with Gasteiger partial charge in [0.25, 0.3) is 5.91 Å². The SMILES string of the molecule is O=C(COc1ccc(N2CCN(c3ccccn3)CC2)nn1)N1CCSCC1. The molecule has 4 heterocycles. The Kier molecular flexibility index (Phi) is 6.11. The van der Waals surface area contributed by atoms with Crippen LogP contribution in [0.5, 0.6) is 5.88 Å². The minimum absolute atomic E-state index is 0.0109. The predicted molar refractivity (Wildman–Crippen MR) is 110 cm³/mol. The highest BCUT2D eigenvalue weighted by molar-refractivity contribution is 7.99. The number of carbonyl (C=O) groups excluding carboxylic acids is 1. The summed E-state index contributed by atoms with van der Waals surface area (Å²) in [5.74, 6) is 4.22. The standard InChI is InChI=1S/C19H24N6O2S/c26-19(25-11-13-28-14-12-25)15-27-18-5-4-17(21-22-18)24-9-7-23(8-10-24)16-3-1-2-6-20-16/h1-6H,7-15H2. The van der Waals surface area contributed by atoms with Gasteiger partial charge < -0.3 is 19.4 Å². The molecule has 8 nitrogen and oxygen atoms in total. The fourth-order valence-corrected chi connectivity index (χ4v) is 4.21. The molecule has 2 aliphatic heterocycles. The van der Waals surface area contributed by atoms with Crippen molar-refractivity contribution in [1.29, 1.82) is 0 Å². The average Bonchev–Trinajstić information content (AvgIpc) is 2.79. The van der Waals surface area contributed by atoms with Crippen molar-refractivity contribution >= 4 is 29.3 Å². The molecule has 0 radical (unpaired) electrons. The lowest BCUT2D eigenvalue weighted by atomic mass is 10.3. The number of thioether (sulfide) groups is 1. The van der Waals surface area contributed by atoms with Gasteiger partial charge in [0.1, 0.15) is 5.82 Å². The second-order valence-corrected chi connectivity index (χ2v) is 7.90. The lowest BCUT2D eigenvalue weighted by molar-refractivity contribution is -0.133. The first-order valence-electron chi connectivity index (χ1n) is 9.52. The first kappa shape index (κ1) is 18.8. The van der Waals surface area contributed by atoms with Crippen LogP contribution in [0.25, 0.3) is 0 Å². The highest BCUT2D eigenvalue weighted by atomic mass is 32.2. The monoisotopic (exact) mass is 400 g/mol. The molecule has 4 rings (SSSR count). The van der Waals surface area contributed by atoms with E-state index in [4.69, 9.17) is 4.74 Å². The maximum atomic E-state index is 12.2. The zero-order valence-electron chi connectivity index (χ0n) is 15.7. The molecule has 148 valence electrons. The average molecular weight is 401 g/mol. The number of carbonyl (C=O) groups is 1. The third-order valence-corrected chi connectivity index (χ3v) is 5.85. The molecule has 2 saturated heterocycles. The second-order valence-electron chi connectivity index (χ2n) is 6.67. The quantitative estimate of drug-likeness (QED) is 0.740. The molecular formula is C19H24N6O2S. The van der Waals surface area contributed by atoms with E-state index in [9.17, 15) is 4.79 Å². The summed E-state index contributed by atoms with van der Waals surface area (Å²) >= 11 is 1.88. The van der Waals surface area contributed by atoms with Crippen molar-refractivity contribution in [3.63, 3.8) is 0 Å². The van der Waals surface area contributed by atoms with Crippen molar-refractivity contribution in [2.75, 3.05) is 67.2 Å². The highest BCUT2D eigenvalue weighted by Gasteiger charge is 2.20. The van der Waals surface area contributed by atoms with E-state index in [1.54, 1.807) is 6.07 Å². The molecule has 0 unspecified atom stereocenters. The van der Waals surface area contributed by atoms with Crippen LogP contribution in [-0.2, 0) is 4.79 Å². The van der Waals surface area contributed by atoms with Crippen molar-refractivity contribution in [3.8, 4) is 5.88 Å². The summed E-state index contributed by atoms with van der Waals surface area (Å²) in [6, 6.07) is 9.66. The molecule has 0 N–H and O–H groups in total. The molecule has 0 saturated carbocycles. The van der Waals surface area contributed by atoms with E-state index in [0.717, 1.165) is 62.4 Å². The Morgan fingerprint density at radius 2 is 1.68 bits per heavy atom. The van der Waals surface area contributed by atoms with Crippen LogP contribution in [0.15, 0.2) is 36.5 Å². The minimum atomic E-state index is 0.0109.